The summed E-state index contributed by atoms with van der Waals surface area (Å²) in [4.78, 5) is 26.2. The van der Waals surface area contributed by atoms with Crippen LogP contribution in [0.5, 0.6) is 11.5 Å². The Morgan fingerprint density at radius 2 is 1.40 bits per heavy atom. The number of esters is 1. The SMILES string of the molecule is CCCC(Cc1cc(Br)c(OCC)c(Br)c1)C(=O)CC(Cc1ccc(OCC)cc1)C(=O)OCC. The summed E-state index contributed by atoms with van der Waals surface area (Å²) in [6.07, 6.45) is 2.87. The molecule has 35 heavy (non-hydrogen) atoms. The highest BCUT2D eigenvalue weighted by molar-refractivity contribution is 9.11. The minimum Gasteiger partial charge on any atom is -0.494 e. The van der Waals surface area contributed by atoms with Crippen molar-refractivity contribution in [3.8, 4) is 11.5 Å². The minimum absolute atomic E-state index is 0.0944. The van der Waals surface area contributed by atoms with Gasteiger partial charge in [-0.3, -0.25) is 9.59 Å². The number of rotatable bonds is 15. The van der Waals surface area contributed by atoms with Crippen molar-refractivity contribution in [2.45, 2.75) is 59.8 Å². The van der Waals surface area contributed by atoms with Gasteiger partial charge in [-0.15, -0.1) is 0 Å². The summed E-state index contributed by atoms with van der Waals surface area (Å²) in [6, 6.07) is 11.7. The van der Waals surface area contributed by atoms with Gasteiger partial charge in [-0.1, -0.05) is 25.5 Å². The Balaban J connectivity index is 2.18. The van der Waals surface area contributed by atoms with E-state index in [0.717, 1.165) is 44.4 Å². The molecule has 0 aliphatic carbocycles. The molecule has 0 aliphatic rings. The Hall–Kier alpha value is -1.86. The summed E-state index contributed by atoms with van der Waals surface area (Å²) in [5.74, 6) is 0.629. The lowest BCUT2D eigenvalue weighted by Gasteiger charge is -2.20. The molecule has 2 atom stereocenters. The van der Waals surface area contributed by atoms with E-state index in [1.807, 2.05) is 50.2 Å². The topological polar surface area (TPSA) is 61.8 Å². The maximum Gasteiger partial charge on any atom is 0.309 e. The van der Waals surface area contributed by atoms with Gasteiger partial charge < -0.3 is 14.2 Å². The molecule has 2 unspecified atom stereocenters. The van der Waals surface area contributed by atoms with E-state index < -0.39 is 5.92 Å². The van der Waals surface area contributed by atoms with Crippen LogP contribution in [0.2, 0.25) is 0 Å². The van der Waals surface area contributed by atoms with Gasteiger partial charge in [0.15, 0.2) is 0 Å². The van der Waals surface area contributed by atoms with Crippen LogP contribution < -0.4 is 9.47 Å². The second kappa shape index (κ2) is 15.3. The fourth-order valence-corrected chi connectivity index (χ4v) is 5.61. The summed E-state index contributed by atoms with van der Waals surface area (Å²) < 4.78 is 18.2. The first kappa shape index (κ1) is 29.4. The van der Waals surface area contributed by atoms with Gasteiger partial charge in [0.1, 0.15) is 17.3 Å². The van der Waals surface area contributed by atoms with E-state index in [2.05, 4.69) is 38.8 Å². The predicted molar refractivity (Wildman–Crippen MR) is 146 cm³/mol. The Labute approximate surface area is 226 Å². The number of ketones is 1. The monoisotopic (exact) mass is 610 g/mol. The van der Waals surface area contributed by atoms with Gasteiger partial charge in [-0.25, -0.2) is 0 Å². The van der Waals surface area contributed by atoms with E-state index in [-0.39, 0.29) is 24.1 Å². The molecule has 2 aromatic rings. The van der Waals surface area contributed by atoms with Crippen molar-refractivity contribution in [3.63, 3.8) is 0 Å². The third-order valence-electron chi connectivity index (χ3n) is 5.71. The highest BCUT2D eigenvalue weighted by Crippen LogP contribution is 2.36. The Morgan fingerprint density at radius 1 is 0.800 bits per heavy atom. The summed E-state index contributed by atoms with van der Waals surface area (Å²) >= 11 is 7.17. The first-order valence-electron chi connectivity index (χ1n) is 12.3. The van der Waals surface area contributed by atoms with E-state index in [0.29, 0.717) is 32.7 Å². The van der Waals surface area contributed by atoms with Crippen molar-refractivity contribution < 1.29 is 23.8 Å². The van der Waals surface area contributed by atoms with E-state index >= 15 is 0 Å². The van der Waals surface area contributed by atoms with Gasteiger partial charge >= 0.3 is 5.97 Å². The zero-order valence-corrected chi connectivity index (χ0v) is 24.2. The standard InChI is InChI=1S/C28H36Br2O5/c1-5-9-21(15-20-16-24(29)27(34-7-3)25(30)17-20)26(31)18-22(28(32)35-8-4)14-19-10-12-23(13-11-19)33-6-2/h10-13,16-17,21-22H,5-9,14-15,18H2,1-4H3. The van der Waals surface area contributed by atoms with E-state index in [1.165, 1.54) is 0 Å². The Morgan fingerprint density at radius 3 is 1.94 bits per heavy atom. The van der Waals surface area contributed by atoms with E-state index in [9.17, 15) is 9.59 Å². The first-order valence-corrected chi connectivity index (χ1v) is 13.9. The van der Waals surface area contributed by atoms with Gasteiger partial charge in [0.05, 0.1) is 34.7 Å². The van der Waals surface area contributed by atoms with Crippen LogP contribution in [0.4, 0.5) is 0 Å². The molecule has 2 rings (SSSR count). The van der Waals surface area contributed by atoms with Gasteiger partial charge in [-0.2, -0.15) is 0 Å². The normalized spacial score (nSPS) is 12.6. The molecule has 0 radical (unpaired) electrons. The molecule has 0 N–H and O–H groups in total. The summed E-state index contributed by atoms with van der Waals surface area (Å²) in [6.45, 7) is 9.20. The molecular formula is C28H36Br2O5. The summed E-state index contributed by atoms with van der Waals surface area (Å²) in [7, 11) is 0. The highest BCUT2D eigenvalue weighted by atomic mass is 79.9. The predicted octanol–water partition coefficient (Wildman–Crippen LogP) is 7.35. The Kier molecular flexibility index (Phi) is 12.8. The van der Waals surface area contributed by atoms with Crippen LogP contribution in [0.1, 0.15) is 58.1 Å². The van der Waals surface area contributed by atoms with Crippen molar-refractivity contribution in [3.05, 3.63) is 56.5 Å². The third-order valence-corrected chi connectivity index (χ3v) is 6.88. The maximum atomic E-state index is 13.4. The van der Waals surface area contributed by atoms with Gasteiger partial charge in [0.25, 0.3) is 0 Å². The quantitative estimate of drug-likeness (QED) is 0.197. The third kappa shape index (κ3) is 9.26. The van der Waals surface area contributed by atoms with Gasteiger partial charge in [0, 0.05) is 12.3 Å². The number of Topliss-reactive ketones (excluding diaryl/α,β-unsaturated/α-hetero) is 1. The molecule has 0 bridgehead atoms. The molecule has 0 saturated carbocycles. The summed E-state index contributed by atoms with van der Waals surface area (Å²) in [5.41, 5.74) is 2.02. The lowest BCUT2D eigenvalue weighted by atomic mass is 9.85. The molecule has 0 amide bonds. The van der Waals surface area contributed by atoms with Crippen molar-refractivity contribution in [1.82, 2.24) is 0 Å². The van der Waals surface area contributed by atoms with Gasteiger partial charge in [0.2, 0.25) is 0 Å². The number of hydrogen-bond donors (Lipinski definition) is 0. The molecule has 0 saturated heterocycles. The smallest absolute Gasteiger partial charge is 0.309 e. The molecule has 192 valence electrons. The molecule has 7 heteroatoms. The summed E-state index contributed by atoms with van der Waals surface area (Å²) in [5, 5.41) is 0. The second-order valence-electron chi connectivity index (χ2n) is 8.41. The van der Waals surface area contributed by atoms with Crippen LogP contribution in [-0.4, -0.2) is 31.6 Å². The number of carbonyl (C=O) groups excluding carboxylic acids is 2. The van der Waals surface area contributed by atoms with Crippen LogP contribution in [0.3, 0.4) is 0 Å². The lowest BCUT2D eigenvalue weighted by molar-refractivity contribution is -0.150. The van der Waals surface area contributed by atoms with Crippen LogP contribution in [0.15, 0.2) is 45.3 Å². The minimum atomic E-state index is -0.515. The molecule has 0 aromatic heterocycles. The number of halogens is 2. The molecule has 0 spiro atoms. The van der Waals surface area contributed by atoms with Crippen molar-refractivity contribution in [2.24, 2.45) is 11.8 Å². The number of benzene rings is 2. The van der Waals surface area contributed by atoms with Crippen LogP contribution in [0, 0.1) is 11.8 Å². The number of hydrogen-bond acceptors (Lipinski definition) is 5. The second-order valence-corrected chi connectivity index (χ2v) is 10.1. The largest absolute Gasteiger partial charge is 0.494 e. The van der Waals surface area contributed by atoms with Crippen molar-refractivity contribution in [2.75, 3.05) is 19.8 Å². The molecular weight excluding hydrogens is 576 g/mol. The number of carbonyl (C=O) groups is 2. The zero-order valence-electron chi connectivity index (χ0n) is 21.1. The fourth-order valence-electron chi connectivity index (χ4n) is 4.10. The fraction of sp³-hybridized carbons (Fsp3) is 0.500. The molecule has 0 heterocycles. The molecule has 0 fully saturated rings. The molecule has 2 aromatic carbocycles. The van der Waals surface area contributed by atoms with E-state index in [1.54, 1.807) is 6.92 Å². The molecule has 0 aliphatic heterocycles. The van der Waals surface area contributed by atoms with Crippen LogP contribution >= 0.6 is 31.9 Å². The average Bonchev–Trinajstić information content (AvgIpc) is 2.82. The number of ether oxygens (including phenoxy) is 3. The van der Waals surface area contributed by atoms with Crippen molar-refractivity contribution >= 4 is 43.6 Å². The van der Waals surface area contributed by atoms with E-state index in [4.69, 9.17) is 14.2 Å². The maximum absolute atomic E-state index is 13.4. The lowest BCUT2D eigenvalue weighted by Crippen LogP contribution is -2.27. The van der Waals surface area contributed by atoms with Crippen LogP contribution in [-0.2, 0) is 27.2 Å². The van der Waals surface area contributed by atoms with Gasteiger partial charge in [-0.05, 0) is 107 Å². The van der Waals surface area contributed by atoms with Crippen molar-refractivity contribution in [1.29, 1.82) is 0 Å². The average molecular weight is 612 g/mol. The highest BCUT2D eigenvalue weighted by Gasteiger charge is 2.28. The Bertz CT molecular complexity index is 935. The molecule has 5 nitrogen and oxygen atoms in total. The van der Waals surface area contributed by atoms with Crippen LogP contribution in [0.25, 0.3) is 0 Å². The zero-order chi connectivity index (χ0) is 25.8. The first-order chi connectivity index (χ1) is 16.8.